The molecule has 0 bridgehead atoms. The van der Waals surface area contributed by atoms with E-state index < -0.39 is 0 Å². The van der Waals surface area contributed by atoms with Gasteiger partial charge in [-0.15, -0.1) is 0 Å². The molecule has 1 aliphatic rings. The van der Waals surface area contributed by atoms with Crippen LogP contribution in [0, 0.1) is 5.92 Å². The molecule has 1 aliphatic carbocycles. The zero-order valence-electron chi connectivity index (χ0n) is 11.5. The number of esters is 1. The van der Waals surface area contributed by atoms with Gasteiger partial charge in [-0.05, 0) is 45.4 Å². The van der Waals surface area contributed by atoms with Gasteiger partial charge in [-0.2, -0.15) is 0 Å². The van der Waals surface area contributed by atoms with Crippen molar-refractivity contribution in [3.8, 4) is 0 Å². The Labute approximate surface area is 105 Å². The van der Waals surface area contributed by atoms with Crippen molar-refractivity contribution in [2.75, 3.05) is 6.61 Å². The van der Waals surface area contributed by atoms with Crippen LogP contribution in [0.3, 0.4) is 0 Å². The number of hydrogen-bond donors (Lipinski definition) is 1. The van der Waals surface area contributed by atoms with Gasteiger partial charge in [0.2, 0.25) is 0 Å². The van der Waals surface area contributed by atoms with E-state index in [1.165, 1.54) is 32.1 Å². The predicted molar refractivity (Wildman–Crippen MR) is 69.9 cm³/mol. The molecule has 100 valence electrons. The summed E-state index contributed by atoms with van der Waals surface area (Å²) in [6.07, 6.45) is 6.98. The van der Waals surface area contributed by atoms with Gasteiger partial charge in [-0.25, -0.2) is 0 Å². The molecule has 1 saturated carbocycles. The zero-order valence-corrected chi connectivity index (χ0v) is 11.5. The maximum absolute atomic E-state index is 11.3. The largest absolute Gasteiger partial charge is 0.466 e. The second-order valence-corrected chi connectivity index (χ2v) is 5.20. The third-order valence-corrected chi connectivity index (χ3v) is 3.72. The summed E-state index contributed by atoms with van der Waals surface area (Å²) in [4.78, 5) is 11.3. The first-order valence-corrected chi connectivity index (χ1v) is 7.07. The summed E-state index contributed by atoms with van der Waals surface area (Å²) in [5.74, 6) is 0.836. The number of ether oxygens (including phenoxy) is 1. The fraction of sp³-hybridized carbons (Fsp3) is 0.929. The Kier molecular flexibility index (Phi) is 6.56. The highest BCUT2D eigenvalue weighted by Gasteiger charge is 2.21. The molecule has 17 heavy (non-hydrogen) atoms. The van der Waals surface area contributed by atoms with E-state index in [0.29, 0.717) is 19.1 Å². The SMILES string of the molecule is CCOC(=O)CC(C)NC1CCC(CC)CC1. The normalized spacial score (nSPS) is 26.5. The van der Waals surface area contributed by atoms with Crippen LogP contribution in [0.5, 0.6) is 0 Å². The van der Waals surface area contributed by atoms with Gasteiger partial charge < -0.3 is 10.1 Å². The molecule has 0 amide bonds. The maximum Gasteiger partial charge on any atom is 0.307 e. The molecule has 1 atom stereocenters. The summed E-state index contributed by atoms with van der Waals surface area (Å²) in [5, 5.41) is 3.55. The van der Waals surface area contributed by atoms with Crippen LogP contribution < -0.4 is 5.32 Å². The molecular weight excluding hydrogens is 214 g/mol. The first-order valence-electron chi connectivity index (χ1n) is 7.07. The number of carbonyl (C=O) groups is 1. The van der Waals surface area contributed by atoms with E-state index in [1.807, 2.05) is 6.92 Å². The zero-order chi connectivity index (χ0) is 12.7. The smallest absolute Gasteiger partial charge is 0.307 e. The molecule has 3 nitrogen and oxygen atoms in total. The van der Waals surface area contributed by atoms with E-state index in [4.69, 9.17) is 4.74 Å². The Morgan fingerprint density at radius 1 is 1.29 bits per heavy atom. The Bertz CT molecular complexity index is 222. The third-order valence-electron chi connectivity index (χ3n) is 3.72. The first-order chi connectivity index (χ1) is 8.15. The van der Waals surface area contributed by atoms with Gasteiger partial charge in [-0.1, -0.05) is 13.3 Å². The highest BCUT2D eigenvalue weighted by Crippen LogP contribution is 2.26. The van der Waals surface area contributed by atoms with Crippen LogP contribution in [0.2, 0.25) is 0 Å². The number of carbonyl (C=O) groups excluding carboxylic acids is 1. The molecule has 1 N–H and O–H groups in total. The molecule has 0 heterocycles. The molecule has 1 fully saturated rings. The molecule has 0 radical (unpaired) electrons. The predicted octanol–water partition coefficient (Wildman–Crippen LogP) is 2.89. The van der Waals surface area contributed by atoms with Crippen molar-refractivity contribution in [3.63, 3.8) is 0 Å². The van der Waals surface area contributed by atoms with Crippen molar-refractivity contribution < 1.29 is 9.53 Å². The number of nitrogens with one attached hydrogen (secondary N) is 1. The fourth-order valence-electron chi connectivity index (χ4n) is 2.67. The minimum absolute atomic E-state index is 0.0882. The minimum Gasteiger partial charge on any atom is -0.466 e. The number of hydrogen-bond acceptors (Lipinski definition) is 3. The topological polar surface area (TPSA) is 38.3 Å². The van der Waals surface area contributed by atoms with Crippen LogP contribution >= 0.6 is 0 Å². The molecule has 0 spiro atoms. The lowest BCUT2D eigenvalue weighted by atomic mass is 9.84. The second-order valence-electron chi connectivity index (χ2n) is 5.20. The average Bonchev–Trinajstić information content (AvgIpc) is 2.30. The number of rotatable bonds is 6. The lowest BCUT2D eigenvalue weighted by Gasteiger charge is -2.30. The monoisotopic (exact) mass is 241 g/mol. The second kappa shape index (κ2) is 7.70. The summed E-state index contributed by atoms with van der Waals surface area (Å²) in [5.41, 5.74) is 0. The van der Waals surface area contributed by atoms with Crippen molar-refractivity contribution in [1.29, 1.82) is 0 Å². The summed E-state index contributed by atoms with van der Waals surface area (Å²) >= 11 is 0. The minimum atomic E-state index is -0.0882. The Morgan fingerprint density at radius 2 is 1.94 bits per heavy atom. The van der Waals surface area contributed by atoms with Crippen LogP contribution in [0.1, 0.15) is 59.3 Å². The van der Waals surface area contributed by atoms with Crippen LogP contribution in [0.25, 0.3) is 0 Å². The highest BCUT2D eigenvalue weighted by atomic mass is 16.5. The summed E-state index contributed by atoms with van der Waals surface area (Å²) in [6.45, 7) is 6.68. The molecule has 1 unspecified atom stereocenters. The van der Waals surface area contributed by atoms with Crippen molar-refractivity contribution in [2.45, 2.75) is 71.4 Å². The van der Waals surface area contributed by atoms with Gasteiger partial charge in [0.15, 0.2) is 0 Å². The van der Waals surface area contributed by atoms with Gasteiger partial charge in [0.25, 0.3) is 0 Å². The van der Waals surface area contributed by atoms with Crippen LogP contribution in [0.4, 0.5) is 0 Å². The van der Waals surface area contributed by atoms with E-state index in [0.717, 1.165) is 5.92 Å². The van der Waals surface area contributed by atoms with E-state index in [-0.39, 0.29) is 12.0 Å². The van der Waals surface area contributed by atoms with Crippen LogP contribution in [0.15, 0.2) is 0 Å². The molecule has 0 aromatic heterocycles. The van der Waals surface area contributed by atoms with Crippen LogP contribution in [-0.2, 0) is 9.53 Å². The first kappa shape index (κ1) is 14.5. The molecule has 3 heteroatoms. The van der Waals surface area contributed by atoms with Crippen molar-refractivity contribution in [3.05, 3.63) is 0 Å². The quantitative estimate of drug-likeness (QED) is 0.727. The van der Waals surface area contributed by atoms with Gasteiger partial charge in [-0.3, -0.25) is 4.79 Å². The van der Waals surface area contributed by atoms with E-state index in [9.17, 15) is 4.79 Å². The molecule has 1 rings (SSSR count). The van der Waals surface area contributed by atoms with Crippen molar-refractivity contribution in [1.82, 2.24) is 5.32 Å². The Morgan fingerprint density at radius 3 is 2.47 bits per heavy atom. The molecule has 0 aromatic carbocycles. The fourth-order valence-corrected chi connectivity index (χ4v) is 2.67. The molecule has 0 aromatic rings. The molecule has 0 aliphatic heterocycles. The van der Waals surface area contributed by atoms with Gasteiger partial charge in [0, 0.05) is 12.1 Å². The lowest BCUT2D eigenvalue weighted by Crippen LogP contribution is -2.40. The van der Waals surface area contributed by atoms with Gasteiger partial charge >= 0.3 is 5.97 Å². The van der Waals surface area contributed by atoms with E-state index >= 15 is 0 Å². The third kappa shape index (κ3) is 5.53. The maximum atomic E-state index is 11.3. The molecule has 0 saturated heterocycles. The van der Waals surface area contributed by atoms with Gasteiger partial charge in [0.1, 0.15) is 0 Å². The Hall–Kier alpha value is -0.570. The van der Waals surface area contributed by atoms with Crippen molar-refractivity contribution in [2.24, 2.45) is 5.92 Å². The lowest BCUT2D eigenvalue weighted by molar-refractivity contribution is -0.143. The highest BCUT2D eigenvalue weighted by molar-refractivity contribution is 5.70. The average molecular weight is 241 g/mol. The van der Waals surface area contributed by atoms with Gasteiger partial charge in [0.05, 0.1) is 13.0 Å². The summed E-state index contributed by atoms with van der Waals surface area (Å²) < 4.78 is 4.96. The summed E-state index contributed by atoms with van der Waals surface area (Å²) in [7, 11) is 0. The standard InChI is InChI=1S/C14H27NO2/c1-4-12-6-8-13(9-7-12)15-11(3)10-14(16)17-5-2/h11-13,15H,4-10H2,1-3H3. The van der Waals surface area contributed by atoms with E-state index in [1.54, 1.807) is 0 Å². The van der Waals surface area contributed by atoms with Crippen molar-refractivity contribution >= 4 is 5.97 Å². The van der Waals surface area contributed by atoms with Crippen LogP contribution in [-0.4, -0.2) is 24.7 Å². The summed E-state index contributed by atoms with van der Waals surface area (Å²) in [6, 6.07) is 0.833. The molecular formula is C14H27NO2. The van der Waals surface area contributed by atoms with E-state index in [2.05, 4.69) is 19.2 Å². The Balaban J connectivity index is 2.18.